The first-order chi connectivity index (χ1) is 10.8. The molecule has 0 saturated heterocycles. The van der Waals surface area contributed by atoms with Gasteiger partial charge in [0.2, 0.25) is 0 Å². The number of benzene rings is 2. The van der Waals surface area contributed by atoms with Gasteiger partial charge in [0.25, 0.3) is 0 Å². The summed E-state index contributed by atoms with van der Waals surface area (Å²) in [4.78, 5) is 31.9. The van der Waals surface area contributed by atoms with Crippen molar-refractivity contribution in [3.05, 3.63) is 42.5 Å². The summed E-state index contributed by atoms with van der Waals surface area (Å²) in [5, 5.41) is 18.8. The summed E-state index contributed by atoms with van der Waals surface area (Å²) in [6.07, 6.45) is -2.56. The highest BCUT2D eigenvalue weighted by atomic mass is 31.2. The van der Waals surface area contributed by atoms with Crippen LogP contribution < -0.4 is 5.30 Å². The van der Waals surface area contributed by atoms with E-state index >= 15 is 0 Å². The van der Waals surface area contributed by atoms with Gasteiger partial charge >= 0.3 is 19.5 Å². The molecule has 122 valence electrons. The van der Waals surface area contributed by atoms with Crippen molar-refractivity contribution < 1.29 is 33.8 Å². The minimum atomic E-state index is -4.43. The van der Waals surface area contributed by atoms with Gasteiger partial charge in [-0.2, -0.15) is 0 Å². The maximum absolute atomic E-state index is 12.5. The highest BCUT2D eigenvalue weighted by Crippen LogP contribution is 2.44. The average molecular weight is 338 g/mol. The van der Waals surface area contributed by atoms with Crippen molar-refractivity contribution in [3.63, 3.8) is 0 Å². The third kappa shape index (κ3) is 4.16. The van der Waals surface area contributed by atoms with Gasteiger partial charge in [-0.15, -0.1) is 0 Å². The molecule has 0 fully saturated rings. The first-order valence-corrected chi connectivity index (χ1v) is 8.33. The number of carbonyl (C=O) groups is 2. The number of fused-ring (bicyclic) bond motifs is 1. The average Bonchev–Trinajstić information content (AvgIpc) is 2.50. The summed E-state index contributed by atoms with van der Waals surface area (Å²) in [7, 11) is -4.43. The fourth-order valence-corrected chi connectivity index (χ4v) is 3.60. The molecule has 0 spiro atoms. The number of carboxylic acids is 2. The Kier molecular flexibility index (Phi) is 5.15. The fourth-order valence-electron chi connectivity index (χ4n) is 2.16. The number of hydrogen-bond donors (Lipinski definition) is 3. The Balaban J connectivity index is 2.33. The maximum Gasteiger partial charge on any atom is 0.360 e. The van der Waals surface area contributed by atoms with Crippen LogP contribution in [0.3, 0.4) is 0 Å². The first kappa shape index (κ1) is 17.1. The molecule has 7 nitrogen and oxygen atoms in total. The fraction of sp³-hybridized carbons (Fsp3) is 0.200. The van der Waals surface area contributed by atoms with Crippen molar-refractivity contribution in [2.45, 2.75) is 18.9 Å². The Morgan fingerprint density at radius 1 is 1.09 bits per heavy atom. The second-order valence-electron chi connectivity index (χ2n) is 4.88. The van der Waals surface area contributed by atoms with Crippen molar-refractivity contribution in [2.75, 3.05) is 0 Å². The third-order valence-electron chi connectivity index (χ3n) is 3.24. The van der Waals surface area contributed by atoms with Crippen LogP contribution in [-0.2, 0) is 18.7 Å². The summed E-state index contributed by atoms with van der Waals surface area (Å²) in [6, 6.07) is 11.5. The van der Waals surface area contributed by atoms with Crippen LogP contribution in [0, 0.1) is 0 Å². The van der Waals surface area contributed by atoms with Crippen molar-refractivity contribution in [1.29, 1.82) is 0 Å². The zero-order valence-electron chi connectivity index (χ0n) is 12.0. The topological polar surface area (TPSA) is 121 Å². The molecule has 2 unspecified atom stereocenters. The highest BCUT2D eigenvalue weighted by molar-refractivity contribution is 7.61. The number of carboxylic acid groups (broad SMARTS) is 2. The minimum absolute atomic E-state index is 0.0165. The molecule has 0 heterocycles. The summed E-state index contributed by atoms with van der Waals surface area (Å²) in [5.41, 5.74) is 0. The molecule has 0 bridgehead atoms. The van der Waals surface area contributed by atoms with E-state index in [9.17, 15) is 19.0 Å². The van der Waals surface area contributed by atoms with Crippen LogP contribution in [0.15, 0.2) is 42.5 Å². The summed E-state index contributed by atoms with van der Waals surface area (Å²) < 4.78 is 17.4. The predicted octanol–water partition coefficient (Wildman–Crippen LogP) is 1.99. The van der Waals surface area contributed by atoms with Crippen LogP contribution in [-0.4, -0.2) is 33.1 Å². The monoisotopic (exact) mass is 338 g/mol. The molecule has 0 aliphatic rings. The van der Waals surface area contributed by atoms with Gasteiger partial charge in [0, 0.05) is 6.42 Å². The Labute approximate surface area is 131 Å². The molecular weight excluding hydrogens is 323 g/mol. The third-order valence-corrected chi connectivity index (χ3v) is 4.78. The normalized spacial score (nSPS) is 15.0. The summed E-state index contributed by atoms with van der Waals surface area (Å²) in [6.45, 7) is 0. The van der Waals surface area contributed by atoms with E-state index in [1.807, 2.05) is 0 Å². The Morgan fingerprint density at radius 2 is 1.74 bits per heavy atom. The van der Waals surface area contributed by atoms with Gasteiger partial charge < -0.3 is 15.1 Å². The van der Waals surface area contributed by atoms with Crippen LogP contribution >= 0.6 is 7.60 Å². The second-order valence-corrected chi connectivity index (χ2v) is 6.62. The molecule has 2 aromatic carbocycles. The quantitative estimate of drug-likeness (QED) is 0.660. The number of rotatable bonds is 7. The Morgan fingerprint density at radius 3 is 2.39 bits per heavy atom. The van der Waals surface area contributed by atoms with Gasteiger partial charge in [-0.3, -0.25) is 13.9 Å². The molecule has 0 aliphatic carbocycles. The summed E-state index contributed by atoms with van der Waals surface area (Å²) >= 11 is 0. The Bertz CT molecular complexity index is 781. The molecule has 2 rings (SSSR count). The molecule has 0 aliphatic heterocycles. The first-order valence-electron chi connectivity index (χ1n) is 6.75. The van der Waals surface area contributed by atoms with Gasteiger partial charge in [-0.05, 0) is 23.3 Å². The zero-order chi connectivity index (χ0) is 17.0. The van der Waals surface area contributed by atoms with Gasteiger partial charge in [-0.1, -0.05) is 36.4 Å². The molecule has 23 heavy (non-hydrogen) atoms. The number of aliphatic carboxylic acids is 2. The maximum atomic E-state index is 12.5. The molecule has 2 atom stereocenters. The zero-order valence-corrected chi connectivity index (χ0v) is 12.8. The van der Waals surface area contributed by atoms with Crippen LogP contribution in [0.1, 0.15) is 12.8 Å². The smallest absolute Gasteiger partial charge is 0.360 e. The van der Waals surface area contributed by atoms with Crippen LogP contribution in [0.5, 0.6) is 0 Å². The van der Waals surface area contributed by atoms with Crippen LogP contribution in [0.25, 0.3) is 10.8 Å². The van der Waals surface area contributed by atoms with E-state index in [1.165, 1.54) is 6.07 Å². The van der Waals surface area contributed by atoms with Crippen molar-refractivity contribution in [3.8, 4) is 0 Å². The molecule has 3 N–H and O–H groups in total. The lowest BCUT2D eigenvalue weighted by Crippen LogP contribution is -2.26. The van der Waals surface area contributed by atoms with E-state index in [1.54, 1.807) is 36.4 Å². The van der Waals surface area contributed by atoms with E-state index < -0.39 is 38.5 Å². The SMILES string of the molecule is O=C(O)CCC(OP(=O)(O)c1cccc2ccccc12)C(=O)O. The largest absolute Gasteiger partial charge is 0.481 e. The van der Waals surface area contributed by atoms with Gasteiger partial charge in [-0.25, -0.2) is 4.79 Å². The van der Waals surface area contributed by atoms with Crippen LogP contribution in [0.2, 0.25) is 0 Å². The van der Waals surface area contributed by atoms with E-state index in [2.05, 4.69) is 0 Å². The van der Waals surface area contributed by atoms with E-state index in [-0.39, 0.29) is 5.30 Å². The molecule has 0 aromatic heterocycles. The molecule has 0 saturated carbocycles. The molecule has 2 aromatic rings. The van der Waals surface area contributed by atoms with Crippen molar-refractivity contribution in [2.24, 2.45) is 0 Å². The van der Waals surface area contributed by atoms with E-state index in [0.29, 0.717) is 10.8 Å². The predicted molar refractivity (Wildman–Crippen MR) is 82.8 cm³/mol. The van der Waals surface area contributed by atoms with E-state index in [4.69, 9.17) is 14.7 Å². The molecule has 8 heteroatoms. The van der Waals surface area contributed by atoms with Crippen molar-refractivity contribution in [1.82, 2.24) is 0 Å². The molecule has 0 amide bonds. The lowest BCUT2D eigenvalue weighted by atomic mass is 10.1. The highest BCUT2D eigenvalue weighted by Gasteiger charge is 2.32. The van der Waals surface area contributed by atoms with Gasteiger partial charge in [0.15, 0.2) is 6.10 Å². The van der Waals surface area contributed by atoms with Gasteiger partial charge in [0.1, 0.15) is 0 Å². The second kappa shape index (κ2) is 6.91. The van der Waals surface area contributed by atoms with Crippen molar-refractivity contribution >= 4 is 35.6 Å². The minimum Gasteiger partial charge on any atom is -0.481 e. The lowest BCUT2D eigenvalue weighted by molar-refractivity contribution is -0.146. The molecule has 0 radical (unpaired) electrons. The molecular formula is C15H15O7P. The lowest BCUT2D eigenvalue weighted by Gasteiger charge is -2.19. The van der Waals surface area contributed by atoms with Crippen LogP contribution in [0.4, 0.5) is 0 Å². The number of hydrogen-bond acceptors (Lipinski definition) is 4. The van der Waals surface area contributed by atoms with E-state index in [0.717, 1.165) is 0 Å². The van der Waals surface area contributed by atoms with Gasteiger partial charge in [0.05, 0.1) is 5.30 Å². The summed E-state index contributed by atoms with van der Waals surface area (Å²) in [5.74, 6) is -2.70. The standard InChI is InChI=1S/C15H15O7P/c16-14(17)9-8-12(15(18)19)22-23(20,21)13-7-3-5-10-4-1-2-6-11(10)13/h1-7,12H,8-9H2,(H,16,17)(H,18,19)(H,20,21). The Hall–Kier alpha value is -2.21.